The Kier molecular flexibility index (Phi) is 3.23. The van der Waals surface area contributed by atoms with Crippen LogP contribution in [0.15, 0.2) is 0 Å². The average Bonchev–Trinajstić information content (AvgIpc) is 2.86. The fraction of sp³-hybridized carbons (Fsp3) is 0.933. The van der Waals surface area contributed by atoms with Crippen LogP contribution in [0.25, 0.3) is 0 Å². The summed E-state index contributed by atoms with van der Waals surface area (Å²) in [5, 5.41) is 0. The summed E-state index contributed by atoms with van der Waals surface area (Å²) >= 11 is 0. The van der Waals surface area contributed by atoms with E-state index in [0.717, 1.165) is 45.1 Å². The molecule has 0 amide bonds. The number of hydrogen-bond donors (Lipinski definition) is 1. The molecule has 2 aliphatic carbocycles. The second kappa shape index (κ2) is 4.61. The van der Waals surface area contributed by atoms with E-state index in [2.05, 4.69) is 0 Å². The normalized spacial score (nSPS) is 33.3. The molecule has 3 aliphatic rings. The monoisotopic (exact) mass is 251 g/mol. The Labute approximate surface area is 109 Å². The van der Waals surface area contributed by atoms with Crippen LogP contribution in [-0.2, 0) is 9.53 Å². The minimum Gasteiger partial charge on any atom is -0.375 e. The van der Waals surface area contributed by atoms with Crippen molar-refractivity contribution in [2.75, 3.05) is 13.2 Å². The molecule has 0 aromatic rings. The Balaban J connectivity index is 1.71. The van der Waals surface area contributed by atoms with Crippen molar-refractivity contribution in [1.82, 2.24) is 0 Å². The van der Waals surface area contributed by atoms with Gasteiger partial charge in [0.1, 0.15) is 5.78 Å². The SMILES string of the molecule is NCC1(C(=O)C2CCOC3(CCC3)C2)CCCC1. The van der Waals surface area contributed by atoms with Gasteiger partial charge in [-0.15, -0.1) is 0 Å². The molecular weight excluding hydrogens is 226 g/mol. The number of ether oxygens (including phenoxy) is 1. The molecule has 18 heavy (non-hydrogen) atoms. The van der Waals surface area contributed by atoms with Crippen LogP contribution < -0.4 is 5.73 Å². The first kappa shape index (κ1) is 12.6. The summed E-state index contributed by atoms with van der Waals surface area (Å²) < 4.78 is 5.93. The van der Waals surface area contributed by atoms with Crippen LogP contribution in [0.3, 0.4) is 0 Å². The predicted octanol–water partition coefficient (Wildman–Crippen LogP) is 2.42. The predicted molar refractivity (Wildman–Crippen MR) is 70.2 cm³/mol. The molecule has 102 valence electrons. The quantitative estimate of drug-likeness (QED) is 0.838. The fourth-order valence-corrected chi connectivity index (χ4v) is 4.21. The Morgan fingerprint density at radius 1 is 1.17 bits per heavy atom. The lowest BCUT2D eigenvalue weighted by Crippen LogP contribution is -2.50. The molecule has 2 saturated carbocycles. The second-order valence-electron chi connectivity index (χ2n) is 6.63. The zero-order chi connectivity index (χ0) is 12.6. The van der Waals surface area contributed by atoms with Crippen LogP contribution in [0, 0.1) is 11.3 Å². The first-order valence-corrected chi connectivity index (χ1v) is 7.58. The molecule has 3 rings (SSSR count). The van der Waals surface area contributed by atoms with Crippen molar-refractivity contribution in [1.29, 1.82) is 0 Å². The molecule has 0 radical (unpaired) electrons. The highest BCUT2D eigenvalue weighted by atomic mass is 16.5. The van der Waals surface area contributed by atoms with Gasteiger partial charge in [-0.25, -0.2) is 0 Å². The molecule has 1 aliphatic heterocycles. The van der Waals surface area contributed by atoms with Gasteiger partial charge in [0.2, 0.25) is 0 Å². The van der Waals surface area contributed by atoms with Gasteiger partial charge < -0.3 is 10.5 Å². The molecule has 3 nitrogen and oxygen atoms in total. The molecule has 1 atom stereocenters. The smallest absolute Gasteiger partial charge is 0.143 e. The highest BCUT2D eigenvalue weighted by Crippen LogP contribution is 2.48. The lowest BCUT2D eigenvalue weighted by atomic mass is 9.67. The van der Waals surface area contributed by atoms with E-state index in [-0.39, 0.29) is 16.9 Å². The number of ketones is 1. The molecule has 3 fully saturated rings. The summed E-state index contributed by atoms with van der Waals surface area (Å²) in [6, 6.07) is 0. The lowest BCUT2D eigenvalue weighted by Gasteiger charge is -2.48. The Morgan fingerprint density at radius 2 is 1.89 bits per heavy atom. The number of rotatable bonds is 3. The van der Waals surface area contributed by atoms with Crippen LogP contribution >= 0.6 is 0 Å². The third kappa shape index (κ3) is 1.92. The molecule has 2 N–H and O–H groups in total. The van der Waals surface area contributed by atoms with Crippen LogP contribution in [0.2, 0.25) is 0 Å². The van der Waals surface area contributed by atoms with E-state index in [9.17, 15) is 4.79 Å². The zero-order valence-corrected chi connectivity index (χ0v) is 11.2. The summed E-state index contributed by atoms with van der Waals surface area (Å²) in [5.41, 5.74) is 5.84. The van der Waals surface area contributed by atoms with E-state index < -0.39 is 0 Å². The van der Waals surface area contributed by atoms with Gasteiger partial charge in [-0.05, 0) is 44.9 Å². The summed E-state index contributed by atoms with van der Waals surface area (Å²) in [4.78, 5) is 12.8. The molecule has 0 aromatic heterocycles. The number of carbonyl (C=O) groups excluding carboxylic acids is 1. The first-order chi connectivity index (χ1) is 8.70. The third-order valence-corrected chi connectivity index (χ3v) is 5.60. The average molecular weight is 251 g/mol. The van der Waals surface area contributed by atoms with Crippen molar-refractivity contribution in [3.8, 4) is 0 Å². The molecule has 0 bridgehead atoms. The van der Waals surface area contributed by atoms with Gasteiger partial charge in [0, 0.05) is 24.5 Å². The highest BCUT2D eigenvalue weighted by Gasteiger charge is 2.49. The Morgan fingerprint density at radius 3 is 2.44 bits per heavy atom. The molecular formula is C15H25NO2. The van der Waals surface area contributed by atoms with Crippen molar-refractivity contribution >= 4 is 5.78 Å². The topological polar surface area (TPSA) is 52.3 Å². The minimum atomic E-state index is -0.174. The minimum absolute atomic E-state index is 0.0764. The zero-order valence-electron chi connectivity index (χ0n) is 11.2. The standard InChI is InChI=1S/C15H25NO2/c16-11-14(5-1-2-6-14)13(17)12-4-9-18-15(10-12)7-3-8-15/h12H,1-11,16H2. The maximum absolute atomic E-state index is 12.8. The summed E-state index contributed by atoms with van der Waals surface area (Å²) in [7, 11) is 0. The van der Waals surface area contributed by atoms with E-state index in [0.29, 0.717) is 12.3 Å². The van der Waals surface area contributed by atoms with Crippen molar-refractivity contribution in [3.05, 3.63) is 0 Å². The van der Waals surface area contributed by atoms with Gasteiger partial charge in [-0.2, -0.15) is 0 Å². The van der Waals surface area contributed by atoms with Crippen LogP contribution in [0.5, 0.6) is 0 Å². The molecule has 0 aromatic carbocycles. The molecule has 3 heteroatoms. The highest BCUT2D eigenvalue weighted by molar-refractivity contribution is 5.87. The largest absolute Gasteiger partial charge is 0.375 e. The van der Waals surface area contributed by atoms with Gasteiger partial charge in [-0.1, -0.05) is 12.8 Å². The summed E-state index contributed by atoms with van der Waals surface area (Å²) in [6.45, 7) is 1.33. The van der Waals surface area contributed by atoms with Gasteiger partial charge >= 0.3 is 0 Å². The maximum atomic E-state index is 12.8. The van der Waals surface area contributed by atoms with E-state index in [1.54, 1.807) is 0 Å². The first-order valence-electron chi connectivity index (χ1n) is 7.58. The van der Waals surface area contributed by atoms with E-state index in [1.165, 1.54) is 19.3 Å². The summed E-state index contributed by atoms with van der Waals surface area (Å²) in [5.74, 6) is 0.692. The van der Waals surface area contributed by atoms with E-state index in [1.807, 2.05) is 0 Å². The van der Waals surface area contributed by atoms with Gasteiger partial charge in [-0.3, -0.25) is 4.79 Å². The molecule has 1 unspecified atom stereocenters. The third-order valence-electron chi connectivity index (χ3n) is 5.60. The van der Waals surface area contributed by atoms with Gasteiger partial charge in [0.25, 0.3) is 0 Å². The van der Waals surface area contributed by atoms with Crippen molar-refractivity contribution in [2.24, 2.45) is 17.1 Å². The molecule has 1 spiro atoms. The molecule has 1 heterocycles. The van der Waals surface area contributed by atoms with Crippen molar-refractivity contribution in [3.63, 3.8) is 0 Å². The number of Topliss-reactive ketones (excluding diaryl/α,β-unsaturated/α-hetero) is 1. The number of carbonyl (C=O) groups is 1. The van der Waals surface area contributed by atoms with Crippen molar-refractivity contribution in [2.45, 2.75) is 63.4 Å². The second-order valence-corrected chi connectivity index (χ2v) is 6.63. The summed E-state index contributed by atoms with van der Waals surface area (Å²) in [6.07, 6.45) is 9.87. The van der Waals surface area contributed by atoms with Crippen LogP contribution in [-0.4, -0.2) is 24.5 Å². The van der Waals surface area contributed by atoms with E-state index in [4.69, 9.17) is 10.5 Å². The fourth-order valence-electron chi connectivity index (χ4n) is 4.21. The van der Waals surface area contributed by atoms with Gasteiger partial charge in [0.15, 0.2) is 0 Å². The van der Waals surface area contributed by atoms with Crippen LogP contribution in [0.4, 0.5) is 0 Å². The van der Waals surface area contributed by atoms with E-state index >= 15 is 0 Å². The Hall–Kier alpha value is -0.410. The number of hydrogen-bond acceptors (Lipinski definition) is 3. The van der Waals surface area contributed by atoms with Gasteiger partial charge in [0.05, 0.1) is 5.60 Å². The lowest BCUT2D eigenvalue weighted by molar-refractivity contribution is -0.161. The maximum Gasteiger partial charge on any atom is 0.143 e. The molecule has 1 saturated heterocycles. The Bertz CT molecular complexity index is 329. The van der Waals surface area contributed by atoms with Crippen LogP contribution in [0.1, 0.15) is 57.8 Å². The van der Waals surface area contributed by atoms with Crippen molar-refractivity contribution < 1.29 is 9.53 Å². The number of nitrogens with two attached hydrogens (primary N) is 1.